The highest BCUT2D eigenvalue weighted by Gasteiger charge is 2.36. The molecule has 0 spiro atoms. The number of rotatable bonds is 1. The summed E-state index contributed by atoms with van der Waals surface area (Å²) in [4.78, 5) is 0. The summed E-state index contributed by atoms with van der Waals surface area (Å²) in [6.45, 7) is 14.2. The summed E-state index contributed by atoms with van der Waals surface area (Å²) in [6, 6.07) is 9.02. The van der Waals surface area contributed by atoms with Crippen molar-refractivity contribution >= 4 is 13.3 Å². The van der Waals surface area contributed by atoms with Crippen LogP contribution in [0.2, 0.25) is 18.1 Å². The zero-order chi connectivity index (χ0) is 11.0. The largest absolute Gasteiger partial charge is 0.0859 e. The van der Waals surface area contributed by atoms with Crippen LogP contribution in [0.3, 0.4) is 0 Å². The minimum Gasteiger partial charge on any atom is -0.0651 e. The lowest BCUT2D eigenvalue weighted by molar-refractivity contribution is 0.729. The van der Waals surface area contributed by atoms with Crippen molar-refractivity contribution in [1.29, 1.82) is 0 Å². The van der Waals surface area contributed by atoms with Crippen molar-refractivity contribution in [3.8, 4) is 0 Å². The Hall–Kier alpha value is -0.563. The molecule has 0 aliphatic carbocycles. The molecule has 0 unspecified atom stereocenters. The molecule has 78 valence electrons. The van der Waals surface area contributed by atoms with Crippen molar-refractivity contribution < 1.29 is 0 Å². The van der Waals surface area contributed by atoms with Gasteiger partial charge in [-0.25, -0.2) is 0 Å². The maximum Gasteiger partial charge on any atom is 0.0859 e. The van der Waals surface area contributed by atoms with Crippen molar-refractivity contribution in [2.45, 2.75) is 45.8 Å². The third-order valence-corrected chi connectivity index (χ3v) is 9.12. The van der Waals surface area contributed by atoms with Gasteiger partial charge >= 0.3 is 0 Å². The molecule has 0 amide bonds. The van der Waals surface area contributed by atoms with Crippen molar-refractivity contribution in [1.82, 2.24) is 0 Å². The molecule has 0 atom stereocenters. The fourth-order valence-electron chi connectivity index (χ4n) is 1.47. The van der Waals surface area contributed by atoms with E-state index in [0.717, 1.165) is 0 Å². The van der Waals surface area contributed by atoms with Crippen LogP contribution in [0, 0.1) is 6.92 Å². The molecule has 0 fully saturated rings. The fraction of sp³-hybridized carbons (Fsp3) is 0.538. The van der Waals surface area contributed by atoms with Gasteiger partial charge in [0.2, 0.25) is 0 Å². The molecule has 1 aromatic carbocycles. The second-order valence-electron chi connectivity index (χ2n) is 5.74. The Morgan fingerprint density at radius 3 is 2.07 bits per heavy atom. The average molecular weight is 206 g/mol. The number of benzene rings is 1. The lowest BCUT2D eigenvalue weighted by Crippen LogP contribution is -2.49. The molecule has 0 saturated heterocycles. The molecule has 0 bridgehead atoms. The highest BCUT2D eigenvalue weighted by atomic mass is 28.3. The molecule has 0 saturated carbocycles. The van der Waals surface area contributed by atoms with Crippen molar-refractivity contribution in [2.24, 2.45) is 0 Å². The van der Waals surface area contributed by atoms with Gasteiger partial charge in [0, 0.05) is 0 Å². The maximum absolute atomic E-state index is 2.46. The minimum absolute atomic E-state index is 0.431. The number of hydrogen-bond donors (Lipinski definition) is 0. The van der Waals surface area contributed by atoms with E-state index in [-0.39, 0.29) is 0 Å². The molecule has 0 N–H and O–H groups in total. The first-order valence-electron chi connectivity index (χ1n) is 5.32. The van der Waals surface area contributed by atoms with Gasteiger partial charge in [-0.2, -0.15) is 0 Å². The Kier molecular flexibility index (Phi) is 2.91. The molecule has 0 nitrogen and oxygen atoms in total. The van der Waals surface area contributed by atoms with E-state index < -0.39 is 8.07 Å². The maximum atomic E-state index is 2.46. The summed E-state index contributed by atoms with van der Waals surface area (Å²) >= 11 is 0. The van der Waals surface area contributed by atoms with Crippen LogP contribution >= 0.6 is 0 Å². The predicted octanol–water partition coefficient (Wildman–Crippen LogP) is 3.71. The van der Waals surface area contributed by atoms with Gasteiger partial charge in [0.05, 0.1) is 8.07 Å². The zero-order valence-corrected chi connectivity index (χ0v) is 11.3. The van der Waals surface area contributed by atoms with Crippen molar-refractivity contribution in [2.75, 3.05) is 0 Å². The van der Waals surface area contributed by atoms with Gasteiger partial charge < -0.3 is 0 Å². The second-order valence-corrected chi connectivity index (χ2v) is 11.1. The van der Waals surface area contributed by atoms with E-state index >= 15 is 0 Å². The summed E-state index contributed by atoms with van der Waals surface area (Å²) in [6.07, 6.45) is 0. The van der Waals surface area contributed by atoms with Crippen molar-refractivity contribution in [3.05, 3.63) is 29.8 Å². The number of aryl methyl sites for hydroxylation is 1. The Balaban J connectivity index is 3.16. The Labute approximate surface area is 89.4 Å². The highest BCUT2D eigenvalue weighted by Crippen LogP contribution is 2.35. The summed E-state index contributed by atoms with van der Waals surface area (Å²) in [5.74, 6) is 0. The molecule has 0 aliphatic heterocycles. The first kappa shape index (κ1) is 11.5. The smallest absolute Gasteiger partial charge is 0.0651 e. The first-order chi connectivity index (χ1) is 6.25. The quantitative estimate of drug-likeness (QED) is 0.615. The molecule has 1 aromatic rings. The molecule has 1 heteroatoms. The molecule has 0 radical (unpaired) electrons. The van der Waals surface area contributed by atoms with Gasteiger partial charge in [-0.05, 0) is 12.0 Å². The molecule has 1 rings (SSSR count). The van der Waals surface area contributed by atoms with E-state index in [4.69, 9.17) is 0 Å². The Morgan fingerprint density at radius 2 is 1.64 bits per heavy atom. The Bertz CT molecular complexity index is 318. The summed E-state index contributed by atoms with van der Waals surface area (Å²) in [5, 5.41) is 2.01. The van der Waals surface area contributed by atoms with Crippen LogP contribution in [-0.2, 0) is 0 Å². The first-order valence-corrected chi connectivity index (χ1v) is 8.32. The lowest BCUT2D eigenvalue weighted by Gasteiger charge is -2.37. The van der Waals surface area contributed by atoms with E-state index in [0.29, 0.717) is 5.04 Å². The molecule has 0 aromatic heterocycles. The van der Waals surface area contributed by atoms with E-state index in [1.807, 2.05) is 0 Å². The average Bonchev–Trinajstić information content (AvgIpc) is 2.02. The summed E-state index contributed by atoms with van der Waals surface area (Å²) < 4.78 is 0. The highest BCUT2D eigenvalue weighted by molar-refractivity contribution is 6.92. The van der Waals surface area contributed by atoms with E-state index in [1.165, 1.54) is 5.56 Å². The zero-order valence-electron chi connectivity index (χ0n) is 10.3. The van der Waals surface area contributed by atoms with Gasteiger partial charge in [0.25, 0.3) is 0 Å². The summed E-state index contributed by atoms with van der Waals surface area (Å²) in [7, 11) is -1.31. The van der Waals surface area contributed by atoms with Gasteiger partial charge in [0.1, 0.15) is 0 Å². The van der Waals surface area contributed by atoms with Crippen LogP contribution in [0.15, 0.2) is 24.3 Å². The second kappa shape index (κ2) is 3.54. The van der Waals surface area contributed by atoms with E-state index in [2.05, 4.69) is 65.1 Å². The van der Waals surface area contributed by atoms with E-state index in [1.54, 1.807) is 5.19 Å². The molecular weight excluding hydrogens is 184 g/mol. The molecule has 14 heavy (non-hydrogen) atoms. The van der Waals surface area contributed by atoms with E-state index in [9.17, 15) is 0 Å². The summed E-state index contributed by atoms with van der Waals surface area (Å²) in [5.41, 5.74) is 1.38. The monoisotopic (exact) mass is 206 g/mol. The van der Waals surface area contributed by atoms with Gasteiger partial charge in [-0.1, -0.05) is 68.9 Å². The minimum atomic E-state index is -1.31. The Morgan fingerprint density at radius 1 is 1.07 bits per heavy atom. The standard InChI is InChI=1S/C13H22Si/c1-11-8-7-9-12(10-11)14(5,6)13(2,3)4/h7-10H,1-6H3. The van der Waals surface area contributed by atoms with Crippen LogP contribution in [0.1, 0.15) is 26.3 Å². The van der Waals surface area contributed by atoms with Crippen LogP contribution in [0.5, 0.6) is 0 Å². The van der Waals surface area contributed by atoms with Gasteiger partial charge in [-0.3, -0.25) is 0 Å². The van der Waals surface area contributed by atoms with Crippen LogP contribution < -0.4 is 5.19 Å². The van der Waals surface area contributed by atoms with Crippen LogP contribution in [0.4, 0.5) is 0 Å². The molecule has 0 heterocycles. The predicted molar refractivity (Wildman–Crippen MR) is 68.0 cm³/mol. The normalized spacial score (nSPS) is 13.0. The van der Waals surface area contributed by atoms with Gasteiger partial charge in [0.15, 0.2) is 0 Å². The van der Waals surface area contributed by atoms with Crippen LogP contribution in [-0.4, -0.2) is 8.07 Å². The van der Waals surface area contributed by atoms with Gasteiger partial charge in [-0.15, -0.1) is 0 Å². The molecule has 0 aliphatic rings. The number of hydrogen-bond acceptors (Lipinski definition) is 0. The molecular formula is C13H22Si. The third kappa shape index (κ3) is 2.09. The fourth-order valence-corrected chi connectivity index (χ4v) is 3.43. The topological polar surface area (TPSA) is 0 Å². The van der Waals surface area contributed by atoms with Crippen molar-refractivity contribution in [3.63, 3.8) is 0 Å². The third-order valence-electron chi connectivity index (χ3n) is 3.61. The lowest BCUT2D eigenvalue weighted by atomic mass is 10.2. The SMILES string of the molecule is Cc1cccc([Si](C)(C)C(C)(C)C)c1. The van der Waals surface area contributed by atoms with Crippen LogP contribution in [0.25, 0.3) is 0 Å².